The number of benzene rings is 2. The summed E-state index contributed by atoms with van der Waals surface area (Å²) in [5, 5.41) is 13.9. The van der Waals surface area contributed by atoms with Gasteiger partial charge in [0.2, 0.25) is 0 Å². The van der Waals surface area contributed by atoms with Crippen LogP contribution in [0.15, 0.2) is 30.3 Å². The highest BCUT2D eigenvalue weighted by atomic mass is 19.1. The van der Waals surface area contributed by atoms with Crippen molar-refractivity contribution >= 4 is 11.6 Å². The molecular formula is C18H19FN2O6. The molecule has 0 aromatic heterocycles. The van der Waals surface area contributed by atoms with Gasteiger partial charge >= 0.3 is 0 Å². The van der Waals surface area contributed by atoms with Gasteiger partial charge in [0.25, 0.3) is 11.6 Å². The summed E-state index contributed by atoms with van der Waals surface area (Å²) in [6, 6.07) is 6.61. The van der Waals surface area contributed by atoms with Gasteiger partial charge in [-0.1, -0.05) is 0 Å². The Bertz CT molecular complexity index is 856. The first-order valence-corrected chi connectivity index (χ1v) is 7.92. The minimum Gasteiger partial charge on any atom is -0.494 e. The summed E-state index contributed by atoms with van der Waals surface area (Å²) in [6.07, 6.45) is 0.182. The minimum atomic E-state index is -0.652. The van der Waals surface area contributed by atoms with Crippen LogP contribution in [-0.2, 0) is 6.42 Å². The van der Waals surface area contributed by atoms with Gasteiger partial charge in [0.15, 0.2) is 23.1 Å². The molecule has 0 aliphatic heterocycles. The summed E-state index contributed by atoms with van der Waals surface area (Å²) in [6.45, 7) is 0.114. The van der Waals surface area contributed by atoms with Crippen molar-refractivity contribution in [2.24, 2.45) is 0 Å². The predicted octanol–water partition coefficient (Wildman–Crippen LogP) is 2.73. The predicted molar refractivity (Wildman–Crippen MR) is 95.2 cm³/mol. The topological polar surface area (TPSA) is 99.9 Å². The van der Waals surface area contributed by atoms with E-state index in [1.807, 2.05) is 0 Å². The van der Waals surface area contributed by atoms with E-state index in [-0.39, 0.29) is 35.7 Å². The maximum atomic E-state index is 13.7. The summed E-state index contributed by atoms with van der Waals surface area (Å²) in [4.78, 5) is 22.9. The van der Waals surface area contributed by atoms with Crippen molar-refractivity contribution in [3.63, 3.8) is 0 Å². The number of nitro groups is 1. The molecule has 0 bridgehead atoms. The van der Waals surface area contributed by atoms with Crippen LogP contribution in [0, 0.1) is 15.9 Å². The molecule has 0 atom stereocenters. The van der Waals surface area contributed by atoms with E-state index >= 15 is 0 Å². The van der Waals surface area contributed by atoms with Crippen molar-refractivity contribution in [3.8, 4) is 17.2 Å². The fourth-order valence-corrected chi connectivity index (χ4v) is 2.50. The summed E-state index contributed by atoms with van der Waals surface area (Å²) in [7, 11) is 4.14. The van der Waals surface area contributed by atoms with Crippen LogP contribution in [0.2, 0.25) is 0 Å². The number of methoxy groups -OCH3 is 3. The number of rotatable bonds is 8. The van der Waals surface area contributed by atoms with Crippen molar-refractivity contribution in [2.45, 2.75) is 6.42 Å². The highest BCUT2D eigenvalue weighted by molar-refractivity contribution is 5.94. The maximum Gasteiger partial charge on any atom is 0.276 e. The molecule has 0 saturated carbocycles. The Morgan fingerprint density at radius 3 is 2.26 bits per heavy atom. The molecule has 0 unspecified atom stereocenters. The lowest BCUT2D eigenvalue weighted by Gasteiger charge is -2.11. The molecule has 1 N–H and O–H groups in total. The second-order valence-electron chi connectivity index (χ2n) is 5.45. The van der Waals surface area contributed by atoms with Gasteiger partial charge in [0, 0.05) is 17.7 Å². The van der Waals surface area contributed by atoms with Crippen LogP contribution in [0.25, 0.3) is 0 Å². The second-order valence-corrected chi connectivity index (χ2v) is 5.45. The molecule has 0 aliphatic carbocycles. The number of amides is 1. The molecule has 2 rings (SSSR count). The molecule has 0 fully saturated rings. The van der Waals surface area contributed by atoms with Gasteiger partial charge in [0.1, 0.15) is 0 Å². The largest absolute Gasteiger partial charge is 0.494 e. The third kappa shape index (κ3) is 4.63. The number of ether oxygens (including phenoxy) is 3. The summed E-state index contributed by atoms with van der Waals surface area (Å²) in [5.41, 5.74) is 0.353. The van der Waals surface area contributed by atoms with Crippen molar-refractivity contribution < 1.29 is 28.3 Å². The highest BCUT2D eigenvalue weighted by Gasteiger charge is 2.19. The Morgan fingerprint density at radius 2 is 1.70 bits per heavy atom. The average Bonchev–Trinajstić information content (AvgIpc) is 2.66. The van der Waals surface area contributed by atoms with Crippen LogP contribution >= 0.6 is 0 Å². The molecule has 0 heterocycles. The lowest BCUT2D eigenvalue weighted by atomic mass is 10.1. The van der Waals surface area contributed by atoms with Gasteiger partial charge in [-0.3, -0.25) is 14.9 Å². The Kier molecular flexibility index (Phi) is 6.53. The first kappa shape index (κ1) is 20.0. The monoisotopic (exact) mass is 378 g/mol. The van der Waals surface area contributed by atoms with Crippen LogP contribution < -0.4 is 19.5 Å². The van der Waals surface area contributed by atoms with E-state index in [9.17, 15) is 19.3 Å². The van der Waals surface area contributed by atoms with Gasteiger partial charge in [-0.25, -0.2) is 4.39 Å². The molecule has 0 saturated heterocycles. The van der Waals surface area contributed by atoms with E-state index in [1.54, 1.807) is 0 Å². The molecule has 1 amide bonds. The Morgan fingerprint density at radius 1 is 1.07 bits per heavy atom. The third-order valence-corrected chi connectivity index (χ3v) is 3.88. The van der Waals surface area contributed by atoms with Crippen LogP contribution in [0.3, 0.4) is 0 Å². The van der Waals surface area contributed by atoms with Crippen LogP contribution in [-0.4, -0.2) is 38.7 Å². The molecule has 9 heteroatoms. The van der Waals surface area contributed by atoms with E-state index in [1.165, 1.54) is 45.6 Å². The normalized spacial score (nSPS) is 10.2. The number of halogens is 1. The van der Waals surface area contributed by atoms with Crippen LogP contribution in [0.4, 0.5) is 10.1 Å². The molecule has 0 spiro atoms. The Hall–Kier alpha value is -3.36. The van der Waals surface area contributed by atoms with Crippen molar-refractivity contribution in [1.82, 2.24) is 5.32 Å². The molecule has 8 nitrogen and oxygen atoms in total. The maximum absolute atomic E-state index is 13.7. The highest BCUT2D eigenvalue weighted by Crippen LogP contribution is 2.34. The van der Waals surface area contributed by atoms with E-state index in [0.29, 0.717) is 11.3 Å². The van der Waals surface area contributed by atoms with Crippen molar-refractivity contribution in [1.29, 1.82) is 0 Å². The number of nitrogens with zero attached hydrogens (tertiary/aromatic N) is 1. The van der Waals surface area contributed by atoms with E-state index in [0.717, 1.165) is 6.07 Å². The zero-order chi connectivity index (χ0) is 20.0. The van der Waals surface area contributed by atoms with Crippen LogP contribution in [0.1, 0.15) is 15.9 Å². The smallest absolute Gasteiger partial charge is 0.276 e. The number of hydrogen-bond donors (Lipinski definition) is 1. The number of nitrogens with one attached hydrogen (secondary N) is 1. The Balaban J connectivity index is 2.11. The minimum absolute atomic E-state index is 0.0347. The van der Waals surface area contributed by atoms with Gasteiger partial charge in [-0.15, -0.1) is 0 Å². The second kappa shape index (κ2) is 8.84. The van der Waals surface area contributed by atoms with Gasteiger partial charge in [-0.2, -0.15) is 0 Å². The van der Waals surface area contributed by atoms with Gasteiger partial charge in [-0.05, 0) is 30.7 Å². The molecule has 144 valence electrons. The first-order valence-electron chi connectivity index (χ1n) is 7.92. The molecule has 27 heavy (non-hydrogen) atoms. The standard InChI is InChI=1S/C18H19FN2O6/c1-25-15-5-4-12(8-13(15)19)18(22)20-7-6-11-9-16(26-2)17(27-3)10-14(11)21(23)24/h4-5,8-10H,6-7H2,1-3H3,(H,20,22). The molecule has 0 radical (unpaired) electrons. The van der Waals surface area contributed by atoms with Crippen molar-refractivity contribution in [3.05, 3.63) is 57.4 Å². The molecule has 0 aliphatic rings. The number of carbonyl (C=O) groups excluding carboxylic acids is 1. The third-order valence-electron chi connectivity index (χ3n) is 3.88. The lowest BCUT2D eigenvalue weighted by Crippen LogP contribution is -2.26. The number of carbonyl (C=O) groups is 1. The van der Waals surface area contributed by atoms with E-state index in [2.05, 4.69) is 5.32 Å². The first-order chi connectivity index (χ1) is 12.9. The van der Waals surface area contributed by atoms with E-state index in [4.69, 9.17) is 14.2 Å². The average molecular weight is 378 g/mol. The zero-order valence-corrected chi connectivity index (χ0v) is 15.1. The number of hydrogen-bond acceptors (Lipinski definition) is 6. The molecular weight excluding hydrogens is 359 g/mol. The van der Waals surface area contributed by atoms with E-state index < -0.39 is 16.6 Å². The van der Waals surface area contributed by atoms with Gasteiger partial charge < -0.3 is 19.5 Å². The lowest BCUT2D eigenvalue weighted by molar-refractivity contribution is -0.385. The fraction of sp³-hybridized carbons (Fsp3) is 0.278. The quantitative estimate of drug-likeness (QED) is 0.560. The summed E-state index contributed by atoms with van der Waals surface area (Å²) >= 11 is 0. The Labute approximate surface area is 155 Å². The zero-order valence-electron chi connectivity index (χ0n) is 15.1. The fourth-order valence-electron chi connectivity index (χ4n) is 2.50. The number of nitro benzene ring substituents is 1. The van der Waals surface area contributed by atoms with Crippen molar-refractivity contribution in [2.75, 3.05) is 27.9 Å². The van der Waals surface area contributed by atoms with Gasteiger partial charge in [0.05, 0.1) is 32.3 Å². The summed E-state index contributed by atoms with van der Waals surface area (Å²) in [5.74, 6) is -0.528. The molecule has 2 aromatic carbocycles. The van der Waals surface area contributed by atoms with Crippen LogP contribution in [0.5, 0.6) is 17.2 Å². The SMILES string of the molecule is COc1ccc(C(=O)NCCc2cc(OC)c(OC)cc2[N+](=O)[O-])cc1F. The molecule has 2 aromatic rings. The summed E-state index contributed by atoms with van der Waals surface area (Å²) < 4.78 is 28.7.